The zero-order chi connectivity index (χ0) is 23.8. The molecule has 1 atom stereocenters. The van der Waals surface area contributed by atoms with E-state index in [0.717, 1.165) is 4.90 Å². The highest BCUT2D eigenvalue weighted by molar-refractivity contribution is 6.31. The molecule has 4 rings (SSSR count). The second-order valence-corrected chi connectivity index (χ2v) is 7.74. The van der Waals surface area contributed by atoms with Crippen LogP contribution in [0.15, 0.2) is 55.1 Å². The van der Waals surface area contributed by atoms with Gasteiger partial charge in [-0.15, -0.1) is 0 Å². The standard InChI is InChI=1S/C20H16ClN7O5/c1-20(12-3-2-4-14(7-12)28(32)33)18(30)26(19(31)25-20)9-17(29)24-15-8-13(21)5-6-16(15)27-11-22-10-23-27/h2-8,10-11H,9H2,1H3,(H,24,29)(H,25,31). The summed E-state index contributed by atoms with van der Waals surface area (Å²) in [5.41, 5.74) is -0.795. The van der Waals surface area contributed by atoms with Crippen LogP contribution >= 0.6 is 11.6 Å². The summed E-state index contributed by atoms with van der Waals surface area (Å²) in [6, 6.07) is 9.32. The zero-order valence-electron chi connectivity index (χ0n) is 17.1. The normalized spacial score (nSPS) is 17.7. The van der Waals surface area contributed by atoms with Crippen molar-refractivity contribution in [2.45, 2.75) is 12.5 Å². The van der Waals surface area contributed by atoms with Crippen molar-refractivity contribution >= 4 is 40.8 Å². The molecular weight excluding hydrogens is 454 g/mol. The number of nitrogens with zero attached hydrogens (tertiary/aromatic N) is 5. The Morgan fingerprint density at radius 1 is 1.27 bits per heavy atom. The minimum absolute atomic E-state index is 0.223. The van der Waals surface area contributed by atoms with Gasteiger partial charge in [-0.3, -0.25) is 24.6 Å². The predicted octanol–water partition coefficient (Wildman–Crippen LogP) is 2.23. The van der Waals surface area contributed by atoms with Crippen LogP contribution in [0.5, 0.6) is 0 Å². The number of benzene rings is 2. The van der Waals surface area contributed by atoms with Crippen LogP contribution in [-0.4, -0.2) is 49.0 Å². The van der Waals surface area contributed by atoms with Crippen molar-refractivity contribution in [2.75, 3.05) is 11.9 Å². The Morgan fingerprint density at radius 2 is 2.06 bits per heavy atom. The van der Waals surface area contributed by atoms with E-state index in [-0.39, 0.29) is 11.3 Å². The van der Waals surface area contributed by atoms with Gasteiger partial charge in [-0.2, -0.15) is 5.10 Å². The number of carbonyl (C=O) groups excluding carboxylic acids is 3. The van der Waals surface area contributed by atoms with E-state index in [4.69, 9.17) is 11.6 Å². The SMILES string of the molecule is CC1(c2cccc([N+](=O)[O-])c2)NC(=O)N(CC(=O)Nc2cc(Cl)ccc2-n2cncn2)C1=O. The Bertz CT molecular complexity index is 1280. The topological polar surface area (TPSA) is 152 Å². The van der Waals surface area contributed by atoms with E-state index in [1.165, 1.54) is 54.6 Å². The molecule has 13 heteroatoms. The fourth-order valence-corrected chi connectivity index (χ4v) is 3.61. The Hall–Kier alpha value is -4.32. The molecule has 1 aliphatic rings. The molecular formula is C20H16ClN7O5. The monoisotopic (exact) mass is 469 g/mol. The number of nitro groups is 1. The van der Waals surface area contributed by atoms with Gasteiger partial charge in [0.2, 0.25) is 5.91 Å². The summed E-state index contributed by atoms with van der Waals surface area (Å²) in [7, 11) is 0. The smallest absolute Gasteiger partial charge is 0.323 e. The summed E-state index contributed by atoms with van der Waals surface area (Å²) >= 11 is 6.05. The van der Waals surface area contributed by atoms with Gasteiger partial charge >= 0.3 is 6.03 Å². The quantitative estimate of drug-likeness (QED) is 0.319. The van der Waals surface area contributed by atoms with Crippen LogP contribution in [0.2, 0.25) is 5.02 Å². The molecule has 1 aliphatic heterocycles. The first-order valence-corrected chi connectivity index (χ1v) is 9.90. The third kappa shape index (κ3) is 4.11. The van der Waals surface area contributed by atoms with E-state index in [2.05, 4.69) is 20.7 Å². The predicted molar refractivity (Wildman–Crippen MR) is 116 cm³/mol. The van der Waals surface area contributed by atoms with E-state index < -0.39 is 34.9 Å². The van der Waals surface area contributed by atoms with E-state index in [9.17, 15) is 24.5 Å². The molecule has 0 saturated carbocycles. The first kappa shape index (κ1) is 21.9. The summed E-state index contributed by atoms with van der Waals surface area (Å²) in [6.07, 6.45) is 2.75. The van der Waals surface area contributed by atoms with E-state index in [1.807, 2.05) is 0 Å². The summed E-state index contributed by atoms with van der Waals surface area (Å²) < 4.78 is 1.42. The number of halogens is 1. The molecule has 1 fully saturated rings. The van der Waals surface area contributed by atoms with Gasteiger partial charge in [-0.05, 0) is 30.7 Å². The number of amides is 4. The average Bonchev–Trinajstić information content (AvgIpc) is 3.38. The summed E-state index contributed by atoms with van der Waals surface area (Å²) in [4.78, 5) is 53.4. The highest BCUT2D eigenvalue weighted by Crippen LogP contribution is 2.31. The van der Waals surface area contributed by atoms with Crippen molar-refractivity contribution in [3.05, 3.63) is 75.8 Å². The average molecular weight is 470 g/mol. The van der Waals surface area contributed by atoms with E-state index in [1.54, 1.807) is 12.1 Å². The molecule has 4 amide bonds. The molecule has 1 aromatic heterocycles. The van der Waals surface area contributed by atoms with Crippen LogP contribution in [0.3, 0.4) is 0 Å². The molecule has 1 unspecified atom stereocenters. The van der Waals surface area contributed by atoms with Gasteiger partial charge in [0.25, 0.3) is 11.6 Å². The molecule has 33 heavy (non-hydrogen) atoms. The highest BCUT2D eigenvalue weighted by atomic mass is 35.5. The zero-order valence-corrected chi connectivity index (χ0v) is 17.8. The number of nitrogens with one attached hydrogen (secondary N) is 2. The molecule has 12 nitrogen and oxygen atoms in total. The summed E-state index contributed by atoms with van der Waals surface area (Å²) in [5.74, 6) is -1.38. The first-order valence-electron chi connectivity index (χ1n) is 9.52. The van der Waals surface area contributed by atoms with Crippen LogP contribution in [0, 0.1) is 10.1 Å². The molecule has 1 saturated heterocycles. The lowest BCUT2D eigenvalue weighted by Gasteiger charge is -2.22. The number of hydrogen-bond donors (Lipinski definition) is 2. The highest BCUT2D eigenvalue weighted by Gasteiger charge is 2.49. The van der Waals surface area contributed by atoms with Crippen LogP contribution in [0.25, 0.3) is 5.69 Å². The maximum absolute atomic E-state index is 13.1. The van der Waals surface area contributed by atoms with Crippen LogP contribution in [-0.2, 0) is 15.1 Å². The largest absolute Gasteiger partial charge is 0.325 e. The van der Waals surface area contributed by atoms with Crippen molar-refractivity contribution in [3.8, 4) is 5.69 Å². The van der Waals surface area contributed by atoms with Crippen molar-refractivity contribution in [2.24, 2.45) is 0 Å². The number of aromatic nitrogens is 3. The van der Waals surface area contributed by atoms with Crippen LogP contribution in [0.1, 0.15) is 12.5 Å². The Labute approximate surface area is 191 Å². The van der Waals surface area contributed by atoms with Crippen molar-refractivity contribution in [1.82, 2.24) is 25.0 Å². The molecule has 168 valence electrons. The molecule has 0 aliphatic carbocycles. The molecule has 2 aromatic carbocycles. The molecule has 0 spiro atoms. The Morgan fingerprint density at radius 3 is 2.76 bits per heavy atom. The van der Waals surface area contributed by atoms with Gasteiger partial charge in [0, 0.05) is 17.2 Å². The van der Waals surface area contributed by atoms with E-state index >= 15 is 0 Å². The van der Waals surface area contributed by atoms with Gasteiger partial charge in [0.1, 0.15) is 24.7 Å². The molecule has 2 N–H and O–H groups in total. The minimum Gasteiger partial charge on any atom is -0.323 e. The fourth-order valence-electron chi connectivity index (χ4n) is 3.44. The van der Waals surface area contributed by atoms with Crippen molar-refractivity contribution in [3.63, 3.8) is 0 Å². The number of imide groups is 1. The number of anilines is 1. The first-order chi connectivity index (χ1) is 15.7. The Kier molecular flexibility index (Phi) is 5.52. The summed E-state index contributed by atoms with van der Waals surface area (Å²) in [5, 5.41) is 20.6. The maximum atomic E-state index is 13.1. The third-order valence-corrected chi connectivity index (χ3v) is 5.34. The Balaban J connectivity index is 1.55. The molecule has 3 aromatic rings. The van der Waals surface area contributed by atoms with Crippen molar-refractivity contribution < 1.29 is 19.3 Å². The summed E-state index contributed by atoms with van der Waals surface area (Å²) in [6.45, 7) is 0.836. The van der Waals surface area contributed by atoms with Crippen molar-refractivity contribution in [1.29, 1.82) is 0 Å². The molecule has 2 heterocycles. The lowest BCUT2D eigenvalue weighted by Crippen LogP contribution is -2.42. The van der Waals surface area contributed by atoms with Crippen LogP contribution < -0.4 is 10.6 Å². The van der Waals surface area contributed by atoms with Gasteiger partial charge in [0.15, 0.2) is 0 Å². The van der Waals surface area contributed by atoms with Gasteiger partial charge in [-0.1, -0.05) is 23.7 Å². The molecule has 0 radical (unpaired) electrons. The van der Waals surface area contributed by atoms with Crippen LogP contribution in [0.4, 0.5) is 16.2 Å². The van der Waals surface area contributed by atoms with Gasteiger partial charge < -0.3 is 10.6 Å². The van der Waals surface area contributed by atoms with Gasteiger partial charge in [0.05, 0.1) is 16.3 Å². The fraction of sp³-hybridized carbons (Fsp3) is 0.150. The minimum atomic E-state index is -1.56. The van der Waals surface area contributed by atoms with Gasteiger partial charge in [-0.25, -0.2) is 14.5 Å². The maximum Gasteiger partial charge on any atom is 0.325 e. The van der Waals surface area contributed by atoms with E-state index in [0.29, 0.717) is 16.4 Å². The lowest BCUT2D eigenvalue weighted by atomic mass is 9.91. The third-order valence-electron chi connectivity index (χ3n) is 5.11. The number of nitro benzene ring substituents is 1. The molecule has 0 bridgehead atoms. The number of hydrogen-bond acceptors (Lipinski definition) is 7. The number of carbonyl (C=O) groups is 3. The number of urea groups is 1. The number of non-ortho nitro benzene ring substituents is 1. The second-order valence-electron chi connectivity index (χ2n) is 7.30. The lowest BCUT2D eigenvalue weighted by molar-refractivity contribution is -0.385. The number of rotatable bonds is 6. The second kappa shape index (κ2) is 8.31.